The minimum absolute atomic E-state index is 0. The van der Waals surface area contributed by atoms with Gasteiger partial charge in [-0.1, -0.05) is 0 Å². The number of hydrogen-bond acceptors (Lipinski definition) is 8. The van der Waals surface area contributed by atoms with E-state index < -0.39 is 35.8 Å². The zero-order valence-corrected chi connectivity index (χ0v) is 18.1. The first-order chi connectivity index (χ1) is 9.57. The molecule has 0 aromatic heterocycles. The van der Waals surface area contributed by atoms with Crippen LogP contribution in [0.25, 0.3) is 0 Å². The second-order valence-corrected chi connectivity index (χ2v) is 2.65. The van der Waals surface area contributed by atoms with Gasteiger partial charge in [0.05, 0.1) is 11.9 Å². The van der Waals surface area contributed by atoms with E-state index in [1.807, 2.05) is 0 Å². The van der Waals surface area contributed by atoms with Gasteiger partial charge in [-0.25, -0.2) is 0 Å². The van der Waals surface area contributed by atoms with Gasteiger partial charge < -0.3 is 40.2 Å². The molecule has 0 atom stereocenters. The van der Waals surface area contributed by atoms with Crippen LogP contribution in [0.1, 0.15) is 27.7 Å². The summed E-state index contributed by atoms with van der Waals surface area (Å²) in [6.45, 7) is 4.33. The van der Waals surface area contributed by atoms with E-state index in [9.17, 15) is 0 Å². The molecule has 0 aliphatic heterocycles. The Balaban J connectivity index is -0.0000000298. The summed E-state index contributed by atoms with van der Waals surface area (Å²) in [6, 6.07) is 0. The zero-order chi connectivity index (χ0) is 19.5. The molecule has 0 aromatic rings. The van der Waals surface area contributed by atoms with Crippen molar-refractivity contribution >= 4 is 35.8 Å². The second kappa shape index (κ2) is 33.4. The van der Waals surface area contributed by atoms with Crippen molar-refractivity contribution < 1.29 is 119 Å². The molecule has 14 heteroatoms. The van der Waals surface area contributed by atoms with Crippen LogP contribution in [0.2, 0.25) is 0 Å². The van der Waals surface area contributed by atoms with Crippen molar-refractivity contribution in [2.75, 3.05) is 0 Å². The minimum Gasteiger partial charge on any atom is -0.543 e. The van der Waals surface area contributed by atoms with Crippen molar-refractivity contribution in [2.45, 2.75) is 27.7 Å². The molecule has 0 aliphatic carbocycles. The molecule has 0 spiro atoms. The average molecular weight is 374 g/mol. The molecule has 12 nitrogen and oxygen atoms in total. The van der Waals surface area contributed by atoms with Gasteiger partial charge in [0.1, 0.15) is 0 Å². The van der Waals surface area contributed by atoms with Gasteiger partial charge in [0.15, 0.2) is 0 Å². The Labute approximate surface area is 181 Å². The quantitative estimate of drug-likeness (QED) is 0.229. The molecule has 0 amide bonds. The van der Waals surface area contributed by atoms with Crippen LogP contribution in [-0.2, 0) is 28.8 Å². The molecular formula is C10H16Na2O12. The summed E-state index contributed by atoms with van der Waals surface area (Å²) in [7, 11) is 0. The van der Waals surface area contributed by atoms with Crippen molar-refractivity contribution in [3.63, 3.8) is 0 Å². The molecule has 0 bridgehead atoms. The summed E-state index contributed by atoms with van der Waals surface area (Å²) in [4.78, 5) is 53.9. The number of rotatable bonds is 0. The van der Waals surface area contributed by atoms with Crippen molar-refractivity contribution in [1.82, 2.24) is 0 Å². The van der Waals surface area contributed by atoms with E-state index in [2.05, 4.69) is 0 Å². The topological polar surface area (TPSA) is 229 Å². The fourth-order valence-electron chi connectivity index (χ4n) is 0. The van der Waals surface area contributed by atoms with Crippen molar-refractivity contribution in [3.8, 4) is 0 Å². The molecule has 0 aromatic carbocycles. The Bertz CT molecular complexity index is 304. The third-order valence-corrected chi connectivity index (χ3v) is 0.167. The van der Waals surface area contributed by atoms with Gasteiger partial charge in [0.25, 0.3) is 23.9 Å². The Morgan fingerprint density at radius 1 is 0.500 bits per heavy atom. The van der Waals surface area contributed by atoms with Crippen LogP contribution in [-0.4, -0.2) is 56.2 Å². The maximum absolute atomic E-state index is 9.00. The third-order valence-electron chi connectivity index (χ3n) is 0.167. The van der Waals surface area contributed by atoms with Crippen LogP contribution < -0.4 is 69.3 Å². The summed E-state index contributed by atoms with van der Waals surface area (Å²) in [5.41, 5.74) is 0. The standard InChI is InChI=1S/C2H2O4.4C2H4O2.2Na/c3-1(4)2(5)6;4*1-2(3)4;;/h(H,3,4)(H,5,6);4*1H3,(H,3,4);;/q;;;;;2*+1/p-2. The Hall–Kier alpha value is -1.18. The summed E-state index contributed by atoms with van der Waals surface area (Å²) < 4.78 is 0. The molecule has 0 aliphatic rings. The van der Waals surface area contributed by atoms with Crippen LogP contribution in [0, 0.1) is 0 Å². The van der Waals surface area contributed by atoms with Crippen LogP contribution >= 0.6 is 0 Å². The van der Waals surface area contributed by atoms with E-state index in [1.165, 1.54) is 0 Å². The Kier molecular flexibility index (Phi) is 60.5. The fourth-order valence-corrected chi connectivity index (χ4v) is 0. The molecule has 0 heterocycles. The predicted molar refractivity (Wildman–Crippen MR) is 63.3 cm³/mol. The van der Waals surface area contributed by atoms with Gasteiger partial charge in [0, 0.05) is 27.7 Å². The number of hydrogen-bond donors (Lipinski definition) is 4. The first-order valence-electron chi connectivity index (χ1n) is 4.78. The van der Waals surface area contributed by atoms with Crippen molar-refractivity contribution in [1.29, 1.82) is 0 Å². The summed E-state index contributed by atoms with van der Waals surface area (Å²) >= 11 is 0. The molecule has 130 valence electrons. The van der Waals surface area contributed by atoms with Crippen LogP contribution in [0.4, 0.5) is 0 Å². The zero-order valence-electron chi connectivity index (χ0n) is 14.1. The Morgan fingerprint density at radius 2 is 0.542 bits per heavy atom. The SMILES string of the molecule is CC(=O)O.CC(=O)O.CC(=O)O.CC(=O)O.O=C([O-])C(=O)[O-].[Na+].[Na+]. The molecule has 0 unspecified atom stereocenters. The minimum atomic E-state index is -2.19. The number of carboxylic acids is 6. The molecule has 0 rings (SSSR count). The fraction of sp³-hybridized carbons (Fsp3) is 0.400. The van der Waals surface area contributed by atoms with E-state index in [4.69, 9.17) is 59.4 Å². The largest absolute Gasteiger partial charge is 1.00 e. The summed E-state index contributed by atoms with van der Waals surface area (Å²) in [6.07, 6.45) is 0. The van der Waals surface area contributed by atoms with Crippen molar-refractivity contribution in [2.24, 2.45) is 0 Å². The molecular weight excluding hydrogens is 358 g/mol. The summed E-state index contributed by atoms with van der Waals surface area (Å²) in [5.74, 6) is -7.70. The van der Waals surface area contributed by atoms with Gasteiger partial charge in [-0.05, 0) is 0 Å². The van der Waals surface area contributed by atoms with Crippen LogP contribution in [0.15, 0.2) is 0 Å². The van der Waals surface area contributed by atoms with E-state index in [1.54, 1.807) is 0 Å². The predicted octanol–water partition coefficient (Wildman–Crippen LogP) is -9.14. The van der Waals surface area contributed by atoms with Gasteiger partial charge >= 0.3 is 59.1 Å². The molecule has 0 saturated carbocycles. The number of aliphatic carboxylic acids is 6. The van der Waals surface area contributed by atoms with E-state index in [0.29, 0.717) is 0 Å². The van der Waals surface area contributed by atoms with Gasteiger partial charge in [-0.3, -0.25) is 19.2 Å². The molecule has 24 heavy (non-hydrogen) atoms. The monoisotopic (exact) mass is 374 g/mol. The number of carbonyl (C=O) groups excluding carboxylic acids is 2. The normalized spacial score (nSPS) is 6.00. The average Bonchev–Trinajstić information content (AvgIpc) is 2.12. The van der Waals surface area contributed by atoms with Gasteiger partial charge in [-0.15, -0.1) is 0 Å². The summed E-state index contributed by atoms with van der Waals surface area (Å²) in [5, 5.41) is 47.5. The van der Waals surface area contributed by atoms with E-state index >= 15 is 0 Å². The van der Waals surface area contributed by atoms with Crippen LogP contribution in [0.5, 0.6) is 0 Å². The first-order valence-corrected chi connectivity index (χ1v) is 4.78. The van der Waals surface area contributed by atoms with Crippen molar-refractivity contribution in [3.05, 3.63) is 0 Å². The van der Waals surface area contributed by atoms with E-state index in [0.717, 1.165) is 27.7 Å². The van der Waals surface area contributed by atoms with Gasteiger partial charge in [-0.2, -0.15) is 0 Å². The second-order valence-electron chi connectivity index (χ2n) is 2.65. The first kappa shape index (κ1) is 43.4. The Morgan fingerprint density at radius 3 is 0.542 bits per heavy atom. The molecule has 0 fully saturated rings. The third kappa shape index (κ3) is 1030. The molecule has 0 saturated heterocycles. The number of carbonyl (C=O) groups is 6. The number of carboxylic acid groups (broad SMARTS) is 6. The van der Waals surface area contributed by atoms with E-state index in [-0.39, 0.29) is 59.1 Å². The maximum atomic E-state index is 9.00. The molecule has 0 radical (unpaired) electrons. The van der Waals surface area contributed by atoms with Gasteiger partial charge in [0.2, 0.25) is 0 Å². The molecule has 4 N–H and O–H groups in total. The van der Waals surface area contributed by atoms with Crippen LogP contribution in [0.3, 0.4) is 0 Å². The maximum Gasteiger partial charge on any atom is 1.00 e. The smallest absolute Gasteiger partial charge is 0.543 e.